The predicted octanol–water partition coefficient (Wildman–Crippen LogP) is 1.73. The number of carbonyl (C=O) groups is 1. The van der Waals surface area contributed by atoms with Crippen molar-refractivity contribution in [3.63, 3.8) is 0 Å². The van der Waals surface area contributed by atoms with E-state index >= 15 is 0 Å². The molecule has 0 aliphatic carbocycles. The molecule has 0 N–H and O–H groups in total. The Balaban J connectivity index is 3.08. The first-order valence-electron chi connectivity index (χ1n) is 3.59. The fourth-order valence-electron chi connectivity index (χ4n) is 0.982. The van der Waals surface area contributed by atoms with Gasteiger partial charge in [-0.15, -0.1) is 0 Å². The molecule has 0 atom stereocenters. The van der Waals surface area contributed by atoms with E-state index in [1.54, 1.807) is 20.0 Å². The third-order valence-electron chi connectivity index (χ3n) is 1.59. The van der Waals surface area contributed by atoms with Crippen LogP contribution in [0.4, 0.5) is 10.1 Å². The molecule has 3 heteroatoms. The second-order valence-corrected chi connectivity index (χ2v) is 2.70. The molecule has 12 heavy (non-hydrogen) atoms. The Kier molecular flexibility index (Phi) is 2.43. The lowest BCUT2D eigenvalue weighted by Crippen LogP contribution is -2.13. The van der Waals surface area contributed by atoms with Crippen LogP contribution in [0.15, 0.2) is 18.2 Å². The fourth-order valence-corrected chi connectivity index (χ4v) is 0.982. The van der Waals surface area contributed by atoms with E-state index < -0.39 is 0 Å². The number of amides is 1. The highest BCUT2D eigenvalue weighted by Crippen LogP contribution is 2.15. The summed E-state index contributed by atoms with van der Waals surface area (Å²) in [5.74, 6) is -0.321. The van der Waals surface area contributed by atoms with Gasteiger partial charge < -0.3 is 4.90 Å². The first kappa shape index (κ1) is 8.71. The molecular weight excluding hydrogens is 157 g/mol. The molecule has 64 valence electrons. The van der Waals surface area contributed by atoms with E-state index in [1.807, 2.05) is 0 Å². The van der Waals surface area contributed by atoms with Crippen molar-refractivity contribution < 1.29 is 9.18 Å². The summed E-state index contributed by atoms with van der Waals surface area (Å²) >= 11 is 0. The molecular formula is C9H10FNO. The van der Waals surface area contributed by atoms with Crippen molar-refractivity contribution in [2.75, 3.05) is 11.9 Å². The standard InChI is InChI=1S/C9H10FNO/c1-7-3-8(10)5-9(4-7)11(2)6-12/h3-6H,1-2H3. The van der Waals surface area contributed by atoms with E-state index in [-0.39, 0.29) is 5.82 Å². The highest BCUT2D eigenvalue weighted by atomic mass is 19.1. The second-order valence-electron chi connectivity index (χ2n) is 2.70. The smallest absolute Gasteiger partial charge is 0.213 e. The lowest BCUT2D eigenvalue weighted by atomic mass is 10.2. The lowest BCUT2D eigenvalue weighted by molar-refractivity contribution is -0.107. The van der Waals surface area contributed by atoms with Crippen LogP contribution in [-0.4, -0.2) is 13.5 Å². The van der Waals surface area contributed by atoms with Gasteiger partial charge >= 0.3 is 0 Å². The van der Waals surface area contributed by atoms with Gasteiger partial charge in [0.05, 0.1) is 0 Å². The third kappa shape index (κ3) is 1.81. The average Bonchev–Trinajstić information content (AvgIpc) is 2.01. The van der Waals surface area contributed by atoms with Crippen LogP contribution in [0.2, 0.25) is 0 Å². The van der Waals surface area contributed by atoms with Crippen molar-refractivity contribution in [3.8, 4) is 0 Å². The summed E-state index contributed by atoms with van der Waals surface area (Å²) in [5, 5.41) is 0. The molecule has 1 rings (SSSR count). The Morgan fingerprint density at radius 3 is 2.58 bits per heavy atom. The molecule has 1 amide bonds. The first-order chi connectivity index (χ1) is 5.63. The molecule has 0 spiro atoms. The summed E-state index contributed by atoms with van der Waals surface area (Å²) in [6, 6.07) is 4.49. The molecule has 0 aliphatic rings. The normalized spacial score (nSPS) is 9.58. The van der Waals surface area contributed by atoms with Gasteiger partial charge in [-0.1, -0.05) is 0 Å². The summed E-state index contributed by atoms with van der Waals surface area (Å²) in [5.41, 5.74) is 1.38. The molecule has 2 nitrogen and oxygen atoms in total. The summed E-state index contributed by atoms with van der Waals surface area (Å²) in [7, 11) is 1.58. The Bertz CT molecular complexity index is 278. The van der Waals surface area contributed by atoms with Gasteiger partial charge in [-0.25, -0.2) is 4.39 Å². The molecule has 1 aromatic carbocycles. The monoisotopic (exact) mass is 167 g/mol. The van der Waals surface area contributed by atoms with Crippen molar-refractivity contribution >= 4 is 12.1 Å². The summed E-state index contributed by atoms with van der Waals surface area (Å²) in [4.78, 5) is 11.7. The van der Waals surface area contributed by atoms with Crippen molar-refractivity contribution in [3.05, 3.63) is 29.6 Å². The molecule has 0 bridgehead atoms. The Morgan fingerprint density at radius 2 is 2.08 bits per heavy atom. The van der Waals surface area contributed by atoms with Crippen molar-refractivity contribution in [2.45, 2.75) is 6.92 Å². The molecule has 0 saturated carbocycles. The molecule has 0 saturated heterocycles. The molecule has 0 heterocycles. The highest BCUT2D eigenvalue weighted by Gasteiger charge is 2.01. The van der Waals surface area contributed by atoms with Crippen molar-refractivity contribution in [1.82, 2.24) is 0 Å². The van der Waals surface area contributed by atoms with Gasteiger partial charge in [0.2, 0.25) is 6.41 Å². The molecule has 1 aromatic rings. The number of halogens is 1. The van der Waals surface area contributed by atoms with Crippen LogP contribution in [0.3, 0.4) is 0 Å². The van der Waals surface area contributed by atoms with Gasteiger partial charge in [0, 0.05) is 12.7 Å². The maximum atomic E-state index is 12.8. The van der Waals surface area contributed by atoms with E-state index in [9.17, 15) is 9.18 Å². The quantitative estimate of drug-likeness (QED) is 0.614. The summed E-state index contributed by atoms with van der Waals surface area (Å²) in [6.45, 7) is 1.78. The Morgan fingerprint density at radius 1 is 1.42 bits per heavy atom. The number of hydrogen-bond donors (Lipinski definition) is 0. The van der Waals surface area contributed by atoms with Crippen LogP contribution in [0.5, 0.6) is 0 Å². The number of rotatable bonds is 2. The van der Waals surface area contributed by atoms with Crippen LogP contribution in [0.25, 0.3) is 0 Å². The van der Waals surface area contributed by atoms with Crippen molar-refractivity contribution in [2.24, 2.45) is 0 Å². The maximum Gasteiger partial charge on any atom is 0.213 e. The van der Waals surface area contributed by atoms with E-state index in [2.05, 4.69) is 0 Å². The molecule has 0 aliphatic heterocycles. The van der Waals surface area contributed by atoms with Gasteiger partial charge in [-0.3, -0.25) is 4.79 Å². The first-order valence-corrected chi connectivity index (χ1v) is 3.59. The average molecular weight is 167 g/mol. The lowest BCUT2D eigenvalue weighted by Gasteiger charge is -2.10. The summed E-state index contributed by atoms with van der Waals surface area (Å²) in [6.07, 6.45) is 0.647. The van der Waals surface area contributed by atoms with Gasteiger partial charge in [-0.05, 0) is 30.7 Å². The third-order valence-corrected chi connectivity index (χ3v) is 1.59. The number of hydrogen-bond acceptors (Lipinski definition) is 1. The zero-order valence-corrected chi connectivity index (χ0v) is 7.04. The minimum absolute atomic E-state index is 0.321. The van der Waals surface area contributed by atoms with E-state index in [0.717, 1.165) is 5.56 Å². The molecule has 0 radical (unpaired) electrons. The van der Waals surface area contributed by atoms with Crippen molar-refractivity contribution in [1.29, 1.82) is 0 Å². The number of aryl methyl sites for hydroxylation is 1. The van der Waals surface area contributed by atoms with Crippen LogP contribution in [-0.2, 0) is 4.79 Å². The van der Waals surface area contributed by atoms with E-state index in [1.165, 1.54) is 17.0 Å². The van der Waals surface area contributed by atoms with Crippen LogP contribution < -0.4 is 4.90 Å². The molecule has 0 aromatic heterocycles. The fraction of sp³-hybridized carbons (Fsp3) is 0.222. The second kappa shape index (κ2) is 3.34. The number of carbonyl (C=O) groups excluding carboxylic acids is 1. The Hall–Kier alpha value is -1.38. The molecule has 0 fully saturated rings. The predicted molar refractivity (Wildman–Crippen MR) is 45.6 cm³/mol. The largest absolute Gasteiger partial charge is 0.318 e. The van der Waals surface area contributed by atoms with Crippen LogP contribution in [0.1, 0.15) is 5.56 Å². The molecule has 0 unspecified atom stereocenters. The van der Waals surface area contributed by atoms with Crippen LogP contribution in [0, 0.1) is 12.7 Å². The summed E-state index contributed by atoms with van der Waals surface area (Å²) < 4.78 is 12.8. The van der Waals surface area contributed by atoms with Crippen LogP contribution >= 0.6 is 0 Å². The van der Waals surface area contributed by atoms with Gasteiger partial charge in [0.1, 0.15) is 5.82 Å². The zero-order valence-electron chi connectivity index (χ0n) is 7.04. The van der Waals surface area contributed by atoms with E-state index in [0.29, 0.717) is 12.1 Å². The minimum atomic E-state index is -0.321. The maximum absolute atomic E-state index is 12.8. The van der Waals surface area contributed by atoms with Gasteiger partial charge in [0.25, 0.3) is 0 Å². The number of nitrogens with zero attached hydrogens (tertiary/aromatic N) is 1. The van der Waals surface area contributed by atoms with Gasteiger partial charge in [-0.2, -0.15) is 0 Å². The highest BCUT2D eigenvalue weighted by molar-refractivity contribution is 5.74. The SMILES string of the molecule is Cc1cc(F)cc(N(C)C=O)c1. The zero-order chi connectivity index (χ0) is 9.14. The number of anilines is 1. The van der Waals surface area contributed by atoms with E-state index in [4.69, 9.17) is 0 Å². The topological polar surface area (TPSA) is 20.3 Å². The Labute approximate surface area is 70.6 Å². The van der Waals surface area contributed by atoms with Gasteiger partial charge in [0.15, 0.2) is 0 Å². The minimum Gasteiger partial charge on any atom is -0.318 e. The number of benzene rings is 1.